The van der Waals surface area contributed by atoms with Gasteiger partial charge in [-0.25, -0.2) is 0 Å². The van der Waals surface area contributed by atoms with Crippen molar-refractivity contribution in [1.82, 2.24) is 4.90 Å². The number of nitrogens with zero attached hydrogens (tertiary/aromatic N) is 1. The minimum atomic E-state index is 0.179. The van der Waals surface area contributed by atoms with E-state index in [1.54, 1.807) is 0 Å². The average Bonchev–Trinajstić information content (AvgIpc) is 2.36. The normalized spacial score (nSPS) is 18.8. The molecule has 1 aromatic carbocycles. The first-order valence-corrected chi connectivity index (χ1v) is 7.94. The molecule has 1 atom stereocenters. The van der Waals surface area contributed by atoms with E-state index in [9.17, 15) is 0 Å². The van der Waals surface area contributed by atoms with Crippen LogP contribution >= 0.6 is 11.8 Å². The average molecular weight is 264 g/mol. The molecule has 1 unspecified atom stereocenters. The topological polar surface area (TPSA) is 29.3 Å². The Morgan fingerprint density at radius 2 is 1.78 bits per heavy atom. The lowest BCUT2D eigenvalue weighted by molar-refractivity contribution is 0.289. The first kappa shape index (κ1) is 13.9. The Morgan fingerprint density at radius 1 is 1.17 bits per heavy atom. The molecular formula is C15H24N2S. The van der Waals surface area contributed by atoms with Gasteiger partial charge in [0, 0.05) is 37.2 Å². The summed E-state index contributed by atoms with van der Waals surface area (Å²) in [4.78, 5) is 2.54. The van der Waals surface area contributed by atoms with Crippen LogP contribution in [0, 0.1) is 13.8 Å². The van der Waals surface area contributed by atoms with Gasteiger partial charge in [-0.15, -0.1) is 0 Å². The maximum Gasteiger partial charge on any atom is 0.0307 e. The largest absolute Gasteiger partial charge is 0.324 e. The molecule has 100 valence electrons. The van der Waals surface area contributed by atoms with Crippen molar-refractivity contribution in [2.45, 2.75) is 26.3 Å². The lowest BCUT2D eigenvalue weighted by Crippen LogP contribution is -2.34. The van der Waals surface area contributed by atoms with Gasteiger partial charge in [0.1, 0.15) is 0 Å². The lowest BCUT2D eigenvalue weighted by atomic mass is 9.99. The Hall–Kier alpha value is -0.510. The van der Waals surface area contributed by atoms with E-state index in [-0.39, 0.29) is 6.04 Å². The molecule has 1 heterocycles. The van der Waals surface area contributed by atoms with Crippen molar-refractivity contribution in [3.63, 3.8) is 0 Å². The van der Waals surface area contributed by atoms with Crippen molar-refractivity contribution >= 4 is 11.8 Å². The quantitative estimate of drug-likeness (QED) is 0.906. The predicted octanol–water partition coefficient (Wildman–Crippen LogP) is 2.74. The number of nitrogens with two attached hydrogens (primary N) is 1. The van der Waals surface area contributed by atoms with Crippen LogP contribution in [0.25, 0.3) is 0 Å². The number of hydrogen-bond acceptors (Lipinski definition) is 3. The van der Waals surface area contributed by atoms with Gasteiger partial charge in [-0.3, -0.25) is 0 Å². The molecule has 18 heavy (non-hydrogen) atoms. The van der Waals surface area contributed by atoms with E-state index in [2.05, 4.69) is 48.7 Å². The van der Waals surface area contributed by atoms with Crippen molar-refractivity contribution in [1.29, 1.82) is 0 Å². The lowest BCUT2D eigenvalue weighted by Gasteiger charge is -2.27. The summed E-state index contributed by atoms with van der Waals surface area (Å²) in [7, 11) is 0. The van der Waals surface area contributed by atoms with E-state index in [0.29, 0.717) is 0 Å². The summed E-state index contributed by atoms with van der Waals surface area (Å²) in [5.41, 5.74) is 10.2. The molecule has 1 aromatic rings. The van der Waals surface area contributed by atoms with Crippen LogP contribution in [-0.4, -0.2) is 36.0 Å². The molecule has 0 spiro atoms. The van der Waals surface area contributed by atoms with Crippen LogP contribution in [0.3, 0.4) is 0 Å². The Morgan fingerprint density at radius 3 is 2.39 bits per heavy atom. The Bertz CT molecular complexity index is 366. The third-order valence-electron chi connectivity index (χ3n) is 3.53. The second-order valence-electron chi connectivity index (χ2n) is 5.27. The van der Waals surface area contributed by atoms with Crippen LogP contribution in [0.1, 0.15) is 29.2 Å². The van der Waals surface area contributed by atoms with Crippen molar-refractivity contribution in [2.24, 2.45) is 5.73 Å². The monoisotopic (exact) mass is 264 g/mol. The van der Waals surface area contributed by atoms with E-state index in [1.165, 1.54) is 41.3 Å². The summed E-state index contributed by atoms with van der Waals surface area (Å²) in [6.07, 6.45) is 1.06. The third kappa shape index (κ3) is 4.01. The minimum absolute atomic E-state index is 0.179. The number of benzene rings is 1. The minimum Gasteiger partial charge on any atom is -0.324 e. The molecule has 1 aliphatic rings. The molecular weight excluding hydrogens is 240 g/mol. The van der Waals surface area contributed by atoms with Crippen LogP contribution < -0.4 is 5.73 Å². The number of aryl methyl sites for hydroxylation is 2. The van der Waals surface area contributed by atoms with E-state index < -0.39 is 0 Å². The van der Waals surface area contributed by atoms with Crippen LogP contribution in [0.15, 0.2) is 18.2 Å². The fourth-order valence-corrected chi connectivity index (χ4v) is 3.52. The van der Waals surface area contributed by atoms with E-state index in [0.717, 1.165) is 13.0 Å². The number of hydrogen-bond donors (Lipinski definition) is 1. The zero-order chi connectivity index (χ0) is 13.0. The summed E-state index contributed by atoms with van der Waals surface area (Å²) in [6, 6.07) is 6.84. The molecule has 1 saturated heterocycles. The fraction of sp³-hybridized carbons (Fsp3) is 0.600. The summed E-state index contributed by atoms with van der Waals surface area (Å²) in [6.45, 7) is 7.87. The van der Waals surface area contributed by atoms with Crippen LogP contribution in [0.5, 0.6) is 0 Å². The molecule has 1 aliphatic heterocycles. The molecule has 0 bridgehead atoms. The van der Waals surface area contributed by atoms with E-state index in [4.69, 9.17) is 5.73 Å². The predicted molar refractivity (Wildman–Crippen MR) is 81.2 cm³/mol. The van der Waals surface area contributed by atoms with Crippen LogP contribution in [-0.2, 0) is 0 Å². The summed E-state index contributed by atoms with van der Waals surface area (Å²) < 4.78 is 0. The van der Waals surface area contributed by atoms with Gasteiger partial charge in [0.05, 0.1) is 0 Å². The van der Waals surface area contributed by atoms with E-state index >= 15 is 0 Å². The zero-order valence-corrected chi connectivity index (χ0v) is 12.3. The second-order valence-corrected chi connectivity index (χ2v) is 6.49. The van der Waals surface area contributed by atoms with Gasteiger partial charge in [-0.1, -0.05) is 29.3 Å². The molecule has 3 heteroatoms. The standard InChI is InChI=1S/C15H24N2S/c1-12-9-13(2)11-14(10-12)15(16)3-4-17-5-7-18-8-6-17/h9-11,15H,3-8,16H2,1-2H3. The number of rotatable bonds is 4. The summed E-state index contributed by atoms with van der Waals surface area (Å²) >= 11 is 2.06. The molecule has 1 fully saturated rings. The highest BCUT2D eigenvalue weighted by Crippen LogP contribution is 2.19. The van der Waals surface area contributed by atoms with Crippen molar-refractivity contribution in [2.75, 3.05) is 31.1 Å². The second kappa shape index (κ2) is 6.60. The molecule has 0 aliphatic carbocycles. The van der Waals surface area contributed by atoms with Gasteiger partial charge >= 0.3 is 0 Å². The first-order valence-electron chi connectivity index (χ1n) is 6.79. The maximum atomic E-state index is 6.32. The smallest absolute Gasteiger partial charge is 0.0307 e. The molecule has 0 saturated carbocycles. The Kier molecular flexibility index (Phi) is 5.10. The van der Waals surface area contributed by atoms with Crippen LogP contribution in [0.2, 0.25) is 0 Å². The summed E-state index contributed by atoms with van der Waals surface area (Å²) in [5.74, 6) is 2.55. The molecule has 0 radical (unpaired) electrons. The highest BCUT2D eigenvalue weighted by molar-refractivity contribution is 7.99. The van der Waals surface area contributed by atoms with Gasteiger partial charge < -0.3 is 10.6 Å². The van der Waals surface area contributed by atoms with Gasteiger partial charge in [0.2, 0.25) is 0 Å². The number of thioether (sulfide) groups is 1. The van der Waals surface area contributed by atoms with Gasteiger partial charge in [-0.05, 0) is 25.8 Å². The van der Waals surface area contributed by atoms with Gasteiger partial charge in [0.15, 0.2) is 0 Å². The third-order valence-corrected chi connectivity index (χ3v) is 4.47. The van der Waals surface area contributed by atoms with Gasteiger partial charge in [-0.2, -0.15) is 11.8 Å². The zero-order valence-electron chi connectivity index (χ0n) is 11.5. The SMILES string of the molecule is Cc1cc(C)cc(C(N)CCN2CCSCC2)c1. The Balaban J connectivity index is 1.88. The Labute approximate surface area is 115 Å². The van der Waals surface area contributed by atoms with Gasteiger partial charge in [0.25, 0.3) is 0 Å². The maximum absolute atomic E-state index is 6.32. The van der Waals surface area contributed by atoms with E-state index in [1.807, 2.05) is 0 Å². The summed E-state index contributed by atoms with van der Waals surface area (Å²) in [5, 5.41) is 0. The van der Waals surface area contributed by atoms with Crippen molar-refractivity contribution in [3.8, 4) is 0 Å². The van der Waals surface area contributed by atoms with Crippen molar-refractivity contribution in [3.05, 3.63) is 34.9 Å². The fourth-order valence-electron chi connectivity index (χ4n) is 2.54. The molecule has 0 amide bonds. The highest BCUT2D eigenvalue weighted by Gasteiger charge is 2.13. The van der Waals surface area contributed by atoms with Crippen LogP contribution in [0.4, 0.5) is 0 Å². The first-order chi connectivity index (χ1) is 8.65. The molecule has 2 nitrogen and oxygen atoms in total. The molecule has 2 rings (SSSR count). The molecule has 2 N–H and O–H groups in total. The molecule has 0 aromatic heterocycles. The highest BCUT2D eigenvalue weighted by atomic mass is 32.2. The van der Waals surface area contributed by atoms with Crippen molar-refractivity contribution < 1.29 is 0 Å².